The van der Waals surface area contributed by atoms with Gasteiger partial charge in [0.05, 0.1) is 5.75 Å². The lowest BCUT2D eigenvalue weighted by molar-refractivity contribution is -0.138. The van der Waals surface area contributed by atoms with E-state index in [4.69, 9.17) is 34.8 Å². The highest BCUT2D eigenvalue weighted by Gasteiger charge is 2.27. The first kappa shape index (κ1) is 26.8. The summed E-state index contributed by atoms with van der Waals surface area (Å²) in [6.07, 6.45) is 0. The van der Waals surface area contributed by atoms with Crippen LogP contribution in [0.2, 0.25) is 15.1 Å². The van der Waals surface area contributed by atoms with Gasteiger partial charge >= 0.3 is 0 Å². The first-order valence-corrected chi connectivity index (χ1v) is 12.4. The summed E-state index contributed by atoms with van der Waals surface area (Å²) >= 11 is 19.9. The molecule has 1 atom stereocenters. The average Bonchev–Trinajstić information content (AvgIpc) is 2.73. The van der Waals surface area contributed by atoms with E-state index in [-0.39, 0.29) is 35.8 Å². The van der Waals surface area contributed by atoms with E-state index in [2.05, 4.69) is 5.32 Å². The number of carbonyl (C=O) groups excluding carboxylic acids is 2. The Hall–Kier alpha value is -1.47. The molecular formula is C23H26Cl3FN2O2S. The molecule has 0 saturated heterocycles. The first-order chi connectivity index (χ1) is 15.1. The molecule has 2 rings (SSSR count). The third-order valence-electron chi connectivity index (χ3n) is 4.78. The Morgan fingerprint density at radius 3 is 2.12 bits per heavy atom. The molecule has 0 unspecified atom stereocenters. The molecule has 0 aliphatic rings. The monoisotopic (exact) mass is 518 g/mol. The van der Waals surface area contributed by atoms with Crippen LogP contribution in [0.1, 0.15) is 31.9 Å². The van der Waals surface area contributed by atoms with Crippen LogP contribution in [-0.4, -0.2) is 35.1 Å². The van der Waals surface area contributed by atoms with Crippen molar-refractivity contribution in [2.24, 2.45) is 5.92 Å². The number of hydrogen-bond acceptors (Lipinski definition) is 3. The Morgan fingerprint density at radius 2 is 1.56 bits per heavy atom. The lowest BCUT2D eigenvalue weighted by atomic mass is 10.1. The molecule has 0 fully saturated rings. The third kappa shape index (κ3) is 7.55. The van der Waals surface area contributed by atoms with Crippen molar-refractivity contribution < 1.29 is 14.0 Å². The van der Waals surface area contributed by atoms with Crippen LogP contribution in [0.25, 0.3) is 0 Å². The highest BCUT2D eigenvalue weighted by atomic mass is 35.5. The molecule has 9 heteroatoms. The number of carbonyl (C=O) groups is 2. The van der Waals surface area contributed by atoms with Crippen LogP contribution in [0.4, 0.5) is 4.39 Å². The van der Waals surface area contributed by atoms with Crippen molar-refractivity contribution in [3.63, 3.8) is 0 Å². The zero-order valence-electron chi connectivity index (χ0n) is 18.1. The van der Waals surface area contributed by atoms with Gasteiger partial charge in [-0.15, -0.1) is 11.8 Å². The van der Waals surface area contributed by atoms with Crippen LogP contribution in [0.3, 0.4) is 0 Å². The van der Waals surface area contributed by atoms with E-state index in [9.17, 15) is 14.0 Å². The van der Waals surface area contributed by atoms with Crippen LogP contribution in [-0.2, 0) is 21.9 Å². The van der Waals surface area contributed by atoms with Gasteiger partial charge in [-0.1, -0.05) is 60.8 Å². The second-order valence-electron chi connectivity index (χ2n) is 7.73. The molecule has 1 N–H and O–H groups in total. The maximum atomic E-state index is 14.0. The predicted octanol–water partition coefficient (Wildman–Crippen LogP) is 6.21. The van der Waals surface area contributed by atoms with E-state index in [0.717, 1.165) is 0 Å². The lowest BCUT2D eigenvalue weighted by Gasteiger charge is -2.29. The van der Waals surface area contributed by atoms with E-state index in [1.54, 1.807) is 31.2 Å². The number of benzene rings is 2. The van der Waals surface area contributed by atoms with E-state index in [1.165, 1.54) is 28.8 Å². The maximum Gasteiger partial charge on any atom is 0.242 e. The highest BCUT2D eigenvalue weighted by Crippen LogP contribution is 2.28. The topological polar surface area (TPSA) is 49.4 Å². The highest BCUT2D eigenvalue weighted by molar-refractivity contribution is 7.99. The maximum absolute atomic E-state index is 14.0. The van der Waals surface area contributed by atoms with E-state index in [1.807, 2.05) is 13.8 Å². The van der Waals surface area contributed by atoms with Gasteiger partial charge in [-0.05, 0) is 37.1 Å². The Kier molecular flexibility index (Phi) is 10.6. The average molecular weight is 520 g/mol. The molecule has 0 aromatic heterocycles. The van der Waals surface area contributed by atoms with E-state index < -0.39 is 11.9 Å². The molecule has 174 valence electrons. The van der Waals surface area contributed by atoms with Gasteiger partial charge in [-0.3, -0.25) is 9.59 Å². The zero-order valence-corrected chi connectivity index (χ0v) is 21.2. The largest absolute Gasteiger partial charge is 0.354 e. The van der Waals surface area contributed by atoms with Crippen LogP contribution < -0.4 is 5.32 Å². The van der Waals surface area contributed by atoms with Crippen molar-refractivity contribution in [1.29, 1.82) is 0 Å². The molecule has 0 radical (unpaired) electrons. The van der Waals surface area contributed by atoms with Crippen molar-refractivity contribution >= 4 is 58.4 Å². The minimum Gasteiger partial charge on any atom is -0.354 e. The fourth-order valence-corrected chi connectivity index (χ4v) is 4.65. The molecule has 4 nitrogen and oxygen atoms in total. The SMILES string of the molecule is CC(C)CNC(=O)[C@H](C)N(Cc1c(Cl)cccc1Cl)C(=O)CSCc1c(F)cccc1Cl. The van der Waals surface area contributed by atoms with Gasteiger partial charge in [0.1, 0.15) is 11.9 Å². The smallest absolute Gasteiger partial charge is 0.242 e. The standard InChI is InChI=1S/C23H26Cl3FN2O2S/c1-14(2)10-28-23(31)15(3)29(11-16-18(24)6-4-7-19(16)25)22(30)13-32-12-17-20(26)8-5-9-21(17)27/h4-9,14-15H,10-13H2,1-3H3,(H,28,31)/t15-/m0/s1. The second-order valence-corrected chi connectivity index (χ2v) is 9.94. The Morgan fingerprint density at radius 1 is 1.00 bits per heavy atom. The normalized spacial score (nSPS) is 12.0. The van der Waals surface area contributed by atoms with Crippen molar-refractivity contribution in [3.05, 3.63) is 68.4 Å². The molecule has 0 aliphatic heterocycles. The summed E-state index contributed by atoms with van der Waals surface area (Å²) in [6.45, 7) is 6.22. The second kappa shape index (κ2) is 12.7. The molecule has 2 aromatic carbocycles. The van der Waals surface area contributed by atoms with Gasteiger partial charge in [-0.2, -0.15) is 0 Å². The number of thioether (sulfide) groups is 1. The molecule has 0 bridgehead atoms. The van der Waals surface area contributed by atoms with Gasteiger partial charge in [0, 0.05) is 45.0 Å². The summed E-state index contributed by atoms with van der Waals surface area (Å²) in [5.41, 5.74) is 0.908. The lowest BCUT2D eigenvalue weighted by Crippen LogP contribution is -2.48. The van der Waals surface area contributed by atoms with Crippen LogP contribution >= 0.6 is 46.6 Å². The van der Waals surface area contributed by atoms with Crippen molar-refractivity contribution in [2.75, 3.05) is 12.3 Å². The molecule has 0 spiro atoms. The number of rotatable bonds is 10. The fraction of sp³-hybridized carbons (Fsp3) is 0.391. The molecular weight excluding hydrogens is 494 g/mol. The zero-order chi connectivity index (χ0) is 23.8. The Labute approximate surface area is 207 Å². The molecule has 32 heavy (non-hydrogen) atoms. The third-order valence-corrected chi connectivity index (χ3v) is 6.78. The summed E-state index contributed by atoms with van der Waals surface area (Å²) in [4.78, 5) is 27.3. The summed E-state index contributed by atoms with van der Waals surface area (Å²) in [6, 6.07) is 8.81. The Bertz CT molecular complexity index is 918. The van der Waals surface area contributed by atoms with Gasteiger partial charge in [0.2, 0.25) is 11.8 Å². The van der Waals surface area contributed by atoms with Gasteiger partial charge in [-0.25, -0.2) is 4.39 Å². The van der Waals surface area contributed by atoms with E-state index in [0.29, 0.717) is 32.7 Å². The van der Waals surface area contributed by atoms with Gasteiger partial charge in [0.25, 0.3) is 0 Å². The predicted molar refractivity (Wildman–Crippen MR) is 132 cm³/mol. The molecule has 0 aliphatic carbocycles. The summed E-state index contributed by atoms with van der Waals surface area (Å²) in [7, 11) is 0. The minimum atomic E-state index is -0.744. The quantitative estimate of drug-likeness (QED) is 0.406. The van der Waals surface area contributed by atoms with Crippen molar-refractivity contribution in [2.45, 2.75) is 39.1 Å². The molecule has 2 amide bonds. The van der Waals surface area contributed by atoms with Crippen molar-refractivity contribution in [3.8, 4) is 0 Å². The number of nitrogens with zero attached hydrogens (tertiary/aromatic N) is 1. The number of nitrogens with one attached hydrogen (secondary N) is 1. The van der Waals surface area contributed by atoms with Crippen LogP contribution in [0.15, 0.2) is 36.4 Å². The van der Waals surface area contributed by atoms with Crippen molar-refractivity contribution in [1.82, 2.24) is 10.2 Å². The fourth-order valence-electron chi connectivity index (χ4n) is 2.88. The molecule has 0 heterocycles. The Balaban J connectivity index is 2.17. The minimum absolute atomic E-state index is 0.0362. The van der Waals surface area contributed by atoms with Crippen LogP contribution in [0, 0.1) is 11.7 Å². The summed E-state index contributed by atoms with van der Waals surface area (Å²) < 4.78 is 14.0. The van der Waals surface area contributed by atoms with Crippen LogP contribution in [0.5, 0.6) is 0 Å². The van der Waals surface area contributed by atoms with Gasteiger partial charge < -0.3 is 10.2 Å². The molecule has 0 saturated carbocycles. The summed E-state index contributed by atoms with van der Waals surface area (Å²) in [5.74, 6) is -0.434. The molecule has 2 aromatic rings. The van der Waals surface area contributed by atoms with Gasteiger partial charge in [0.15, 0.2) is 0 Å². The van der Waals surface area contributed by atoms with E-state index >= 15 is 0 Å². The summed E-state index contributed by atoms with van der Waals surface area (Å²) in [5, 5.41) is 3.99. The first-order valence-electron chi connectivity index (χ1n) is 10.1. The number of halogens is 4. The number of hydrogen-bond donors (Lipinski definition) is 1. The number of amides is 2.